The third-order valence-corrected chi connectivity index (χ3v) is 4.73. The molecule has 4 nitrogen and oxygen atoms in total. The Bertz CT molecular complexity index is 1190. The molecule has 0 aliphatic carbocycles. The number of amides is 2. The molecular weight excluding hydrogens is 426 g/mol. The van der Waals surface area contributed by atoms with E-state index < -0.39 is 29.4 Å². The Kier molecular flexibility index (Phi) is 4.74. The van der Waals surface area contributed by atoms with Gasteiger partial charge in [0.1, 0.15) is 17.3 Å². The average molecular weight is 436 g/mol. The van der Waals surface area contributed by atoms with E-state index in [0.717, 1.165) is 29.2 Å². The summed E-state index contributed by atoms with van der Waals surface area (Å²) in [6.07, 6.45) is -4.56. The Morgan fingerprint density at radius 2 is 1.57 bits per heavy atom. The van der Waals surface area contributed by atoms with Gasteiger partial charge in [-0.25, -0.2) is 9.29 Å². The Labute approximate surface area is 172 Å². The Morgan fingerprint density at radius 1 is 0.867 bits per heavy atom. The van der Waals surface area contributed by atoms with E-state index in [1.807, 2.05) is 0 Å². The van der Waals surface area contributed by atoms with Crippen LogP contribution in [0.2, 0.25) is 5.02 Å². The predicted molar refractivity (Wildman–Crippen MR) is 101 cm³/mol. The molecular formula is C21H10ClF4NO3. The van der Waals surface area contributed by atoms with Gasteiger partial charge in [-0.05, 0) is 48.5 Å². The number of carbonyl (C=O) groups is 2. The Hall–Kier alpha value is -3.39. The largest absolute Gasteiger partial charge is 0.456 e. The van der Waals surface area contributed by atoms with E-state index in [2.05, 4.69) is 0 Å². The molecule has 0 atom stereocenters. The highest BCUT2D eigenvalue weighted by Crippen LogP contribution is 2.38. The number of carbonyl (C=O) groups excluding carboxylic acids is 2. The first-order chi connectivity index (χ1) is 14.2. The van der Waals surface area contributed by atoms with E-state index in [1.165, 1.54) is 36.4 Å². The molecule has 1 heterocycles. The smallest absolute Gasteiger partial charge is 0.416 e. The molecule has 4 rings (SSSR count). The second kappa shape index (κ2) is 7.14. The van der Waals surface area contributed by atoms with Crippen molar-refractivity contribution in [3.8, 4) is 11.5 Å². The number of alkyl halides is 3. The van der Waals surface area contributed by atoms with Crippen molar-refractivity contribution in [2.45, 2.75) is 6.18 Å². The third kappa shape index (κ3) is 3.39. The van der Waals surface area contributed by atoms with Gasteiger partial charge in [0.15, 0.2) is 0 Å². The van der Waals surface area contributed by atoms with Crippen molar-refractivity contribution in [2.24, 2.45) is 0 Å². The van der Waals surface area contributed by atoms with Crippen LogP contribution in [-0.2, 0) is 6.18 Å². The van der Waals surface area contributed by atoms with Crippen molar-refractivity contribution in [3.05, 3.63) is 88.2 Å². The van der Waals surface area contributed by atoms with Crippen molar-refractivity contribution in [1.82, 2.24) is 0 Å². The molecule has 0 saturated carbocycles. The number of fused-ring (bicyclic) bond motifs is 1. The first-order valence-electron chi connectivity index (χ1n) is 8.49. The number of benzene rings is 3. The number of rotatable bonds is 3. The van der Waals surface area contributed by atoms with Gasteiger partial charge in [0.25, 0.3) is 11.8 Å². The van der Waals surface area contributed by atoms with Gasteiger partial charge in [0.2, 0.25) is 0 Å². The summed E-state index contributed by atoms with van der Waals surface area (Å²) in [5.74, 6) is -2.16. The van der Waals surface area contributed by atoms with Crippen LogP contribution in [0.15, 0.2) is 60.7 Å². The van der Waals surface area contributed by atoms with Crippen LogP contribution in [0.25, 0.3) is 0 Å². The van der Waals surface area contributed by atoms with Crippen molar-refractivity contribution >= 4 is 29.1 Å². The highest BCUT2D eigenvalue weighted by atomic mass is 35.5. The van der Waals surface area contributed by atoms with Crippen molar-refractivity contribution in [3.63, 3.8) is 0 Å². The molecule has 0 bridgehead atoms. The summed E-state index contributed by atoms with van der Waals surface area (Å²) in [5, 5.41) is -0.277. The SMILES string of the molecule is O=C1c2ccc(Oc3ccc(C(F)(F)F)cc3Cl)cc2C(=O)N1c1ccccc1F. The Morgan fingerprint density at radius 3 is 2.23 bits per heavy atom. The molecule has 1 aliphatic heterocycles. The molecule has 152 valence electrons. The number of hydrogen-bond donors (Lipinski definition) is 0. The van der Waals surface area contributed by atoms with Gasteiger partial charge in [-0.15, -0.1) is 0 Å². The second-order valence-electron chi connectivity index (χ2n) is 6.35. The molecule has 0 saturated heterocycles. The standard InChI is InChI=1S/C21H10ClF4NO3/c22-15-9-11(21(24,25)26)5-8-18(15)30-12-6-7-13-14(10-12)20(29)27(19(13)28)17-4-2-1-3-16(17)23/h1-10H. The summed E-state index contributed by atoms with van der Waals surface area (Å²) < 4.78 is 57.9. The van der Waals surface area contributed by atoms with E-state index in [9.17, 15) is 27.2 Å². The zero-order chi connectivity index (χ0) is 21.6. The molecule has 0 spiro atoms. The van der Waals surface area contributed by atoms with Gasteiger partial charge >= 0.3 is 6.18 Å². The quantitative estimate of drug-likeness (QED) is 0.369. The summed E-state index contributed by atoms with van der Waals surface area (Å²) in [5.41, 5.74) is -1.09. The van der Waals surface area contributed by atoms with Crippen LogP contribution in [-0.4, -0.2) is 11.8 Å². The van der Waals surface area contributed by atoms with Gasteiger partial charge in [-0.1, -0.05) is 23.7 Å². The number of para-hydroxylation sites is 1. The molecule has 0 unspecified atom stereocenters. The van der Waals surface area contributed by atoms with E-state index >= 15 is 0 Å². The molecule has 3 aromatic carbocycles. The predicted octanol–water partition coefficient (Wildman–Crippen LogP) is 6.09. The molecule has 0 aromatic heterocycles. The summed E-state index contributed by atoms with van der Waals surface area (Å²) in [4.78, 5) is 26.0. The number of nitrogens with zero attached hydrogens (tertiary/aromatic N) is 1. The van der Waals surface area contributed by atoms with Gasteiger partial charge < -0.3 is 4.74 Å². The van der Waals surface area contributed by atoms with Gasteiger partial charge in [-0.3, -0.25) is 9.59 Å². The van der Waals surface area contributed by atoms with Crippen molar-refractivity contribution < 1.29 is 31.9 Å². The van der Waals surface area contributed by atoms with E-state index in [1.54, 1.807) is 0 Å². The summed E-state index contributed by atoms with van der Waals surface area (Å²) in [6, 6.07) is 11.9. The normalized spacial score (nSPS) is 13.6. The fourth-order valence-corrected chi connectivity index (χ4v) is 3.24. The minimum absolute atomic E-state index is 0.0243. The van der Waals surface area contributed by atoms with Crippen LogP contribution in [0.3, 0.4) is 0 Å². The van der Waals surface area contributed by atoms with Gasteiger partial charge in [0.05, 0.1) is 27.4 Å². The second-order valence-corrected chi connectivity index (χ2v) is 6.76. The molecule has 0 radical (unpaired) electrons. The fraction of sp³-hybridized carbons (Fsp3) is 0.0476. The molecule has 30 heavy (non-hydrogen) atoms. The average Bonchev–Trinajstić information content (AvgIpc) is 2.93. The lowest BCUT2D eigenvalue weighted by atomic mass is 10.1. The molecule has 1 aliphatic rings. The van der Waals surface area contributed by atoms with E-state index in [4.69, 9.17) is 16.3 Å². The minimum Gasteiger partial charge on any atom is -0.456 e. The van der Waals surface area contributed by atoms with Crippen LogP contribution in [0.5, 0.6) is 11.5 Å². The first kappa shape index (κ1) is 19.9. The number of imide groups is 1. The maximum atomic E-state index is 14.1. The van der Waals surface area contributed by atoms with Crippen LogP contribution in [0, 0.1) is 5.82 Å². The highest BCUT2D eigenvalue weighted by molar-refractivity contribution is 6.34. The van der Waals surface area contributed by atoms with E-state index in [-0.39, 0.29) is 33.3 Å². The van der Waals surface area contributed by atoms with Crippen molar-refractivity contribution in [2.75, 3.05) is 4.90 Å². The van der Waals surface area contributed by atoms with Gasteiger partial charge in [-0.2, -0.15) is 13.2 Å². The zero-order valence-corrected chi connectivity index (χ0v) is 15.6. The minimum atomic E-state index is -4.56. The topological polar surface area (TPSA) is 46.6 Å². The molecule has 0 fully saturated rings. The van der Waals surface area contributed by atoms with Crippen LogP contribution in [0.4, 0.5) is 23.2 Å². The molecule has 9 heteroatoms. The van der Waals surface area contributed by atoms with Gasteiger partial charge in [0, 0.05) is 0 Å². The number of halogens is 5. The summed E-state index contributed by atoms with van der Waals surface area (Å²) >= 11 is 5.88. The zero-order valence-electron chi connectivity index (χ0n) is 14.8. The number of anilines is 1. The molecule has 2 amide bonds. The lowest BCUT2D eigenvalue weighted by Gasteiger charge is -2.14. The maximum Gasteiger partial charge on any atom is 0.416 e. The monoisotopic (exact) mass is 435 g/mol. The maximum absolute atomic E-state index is 14.1. The van der Waals surface area contributed by atoms with E-state index in [0.29, 0.717) is 0 Å². The van der Waals surface area contributed by atoms with Crippen molar-refractivity contribution in [1.29, 1.82) is 0 Å². The highest BCUT2D eigenvalue weighted by Gasteiger charge is 2.38. The number of ether oxygens (including phenoxy) is 1. The molecule has 3 aromatic rings. The summed E-state index contributed by atoms with van der Waals surface area (Å²) in [6.45, 7) is 0. The van der Waals surface area contributed by atoms with Crippen LogP contribution >= 0.6 is 11.6 Å². The lowest BCUT2D eigenvalue weighted by molar-refractivity contribution is -0.137. The number of hydrogen-bond acceptors (Lipinski definition) is 3. The lowest BCUT2D eigenvalue weighted by Crippen LogP contribution is -2.30. The first-order valence-corrected chi connectivity index (χ1v) is 8.86. The third-order valence-electron chi connectivity index (χ3n) is 4.44. The van der Waals surface area contributed by atoms with Crippen LogP contribution in [0.1, 0.15) is 26.3 Å². The molecule has 0 N–H and O–H groups in total. The fourth-order valence-electron chi connectivity index (χ4n) is 3.02. The summed E-state index contributed by atoms with van der Waals surface area (Å²) in [7, 11) is 0. The Balaban J connectivity index is 1.65. The van der Waals surface area contributed by atoms with Crippen LogP contribution < -0.4 is 9.64 Å².